The van der Waals surface area contributed by atoms with Gasteiger partial charge < -0.3 is 25.9 Å². The van der Waals surface area contributed by atoms with Gasteiger partial charge in [-0.25, -0.2) is 0 Å². The molecule has 0 unspecified atom stereocenters. The quantitative estimate of drug-likeness (QED) is 0.188. The van der Waals surface area contributed by atoms with Crippen LogP contribution >= 0.6 is 0 Å². The van der Waals surface area contributed by atoms with Crippen molar-refractivity contribution in [1.29, 1.82) is 0 Å². The molecule has 0 amide bonds. The molecule has 40 valence electrons. The zero-order valence-corrected chi connectivity index (χ0v) is 5.74. The maximum atomic E-state index is 7.19. The molecule has 0 bridgehead atoms. The Balaban J connectivity index is -0.0000000800. The first kappa shape index (κ1) is 15.7. The summed E-state index contributed by atoms with van der Waals surface area (Å²) in [6.07, 6.45) is -3.50. The van der Waals surface area contributed by atoms with Crippen molar-refractivity contribution in [2.75, 3.05) is 0 Å². The van der Waals surface area contributed by atoms with Gasteiger partial charge >= 0.3 is 35.7 Å². The SMILES string of the molecule is OC(O)(O)O.[Na+].[OH-]. The van der Waals surface area contributed by atoms with E-state index in [4.69, 9.17) is 20.4 Å². The Bertz CT molecular complexity index is 23.6. The monoisotopic (exact) mass is 120 g/mol. The van der Waals surface area contributed by atoms with Crippen LogP contribution in [0.5, 0.6) is 0 Å². The van der Waals surface area contributed by atoms with Gasteiger partial charge in [0.05, 0.1) is 0 Å². The van der Waals surface area contributed by atoms with Crippen molar-refractivity contribution in [1.82, 2.24) is 0 Å². The van der Waals surface area contributed by atoms with Crippen LogP contribution in [-0.2, 0) is 0 Å². The zero-order valence-electron chi connectivity index (χ0n) is 3.74. The average molecular weight is 120 g/mol. The molecule has 7 heavy (non-hydrogen) atoms. The topological polar surface area (TPSA) is 111 Å². The summed E-state index contributed by atoms with van der Waals surface area (Å²) >= 11 is 0. The minimum absolute atomic E-state index is 0. The molecule has 0 aromatic rings. The van der Waals surface area contributed by atoms with Gasteiger partial charge in [-0.05, 0) is 0 Å². The molecule has 0 aromatic heterocycles. The van der Waals surface area contributed by atoms with Crippen molar-refractivity contribution in [2.24, 2.45) is 0 Å². The Morgan fingerprint density at radius 2 is 0.857 bits per heavy atom. The smallest absolute Gasteiger partial charge is 0.870 e. The molecule has 0 aliphatic heterocycles. The van der Waals surface area contributed by atoms with Crippen LogP contribution in [0, 0.1) is 0 Å². The van der Waals surface area contributed by atoms with Crippen molar-refractivity contribution in [3.8, 4) is 0 Å². The van der Waals surface area contributed by atoms with Crippen LogP contribution in [0.4, 0.5) is 0 Å². The third kappa shape index (κ3) is 245. The van der Waals surface area contributed by atoms with Crippen molar-refractivity contribution < 1.29 is 55.5 Å². The van der Waals surface area contributed by atoms with E-state index in [0.29, 0.717) is 0 Å². The van der Waals surface area contributed by atoms with E-state index < -0.39 is 6.16 Å². The van der Waals surface area contributed by atoms with Crippen LogP contribution in [0.15, 0.2) is 0 Å². The maximum Gasteiger partial charge on any atom is 1.00 e. The van der Waals surface area contributed by atoms with Crippen molar-refractivity contribution in [2.45, 2.75) is 6.16 Å². The molecule has 5 N–H and O–H groups in total. The van der Waals surface area contributed by atoms with E-state index >= 15 is 0 Å². The zero-order chi connectivity index (χ0) is 4.50. The van der Waals surface area contributed by atoms with E-state index in [1.165, 1.54) is 0 Å². The number of aliphatic hydroxyl groups is 4. The van der Waals surface area contributed by atoms with Gasteiger partial charge in [0.25, 0.3) is 0 Å². The van der Waals surface area contributed by atoms with Crippen LogP contribution < -0.4 is 29.6 Å². The van der Waals surface area contributed by atoms with E-state index in [1.807, 2.05) is 0 Å². The van der Waals surface area contributed by atoms with Crippen LogP contribution in [-0.4, -0.2) is 32.1 Å². The summed E-state index contributed by atoms with van der Waals surface area (Å²) in [6, 6.07) is 0. The molecule has 0 aliphatic carbocycles. The number of rotatable bonds is 0. The van der Waals surface area contributed by atoms with Crippen molar-refractivity contribution >= 4 is 0 Å². The molecule has 0 fully saturated rings. The molecule has 0 rings (SSSR count). The van der Waals surface area contributed by atoms with Gasteiger partial charge in [-0.15, -0.1) is 0 Å². The van der Waals surface area contributed by atoms with E-state index in [0.717, 1.165) is 0 Å². The first-order valence-electron chi connectivity index (χ1n) is 0.894. The third-order valence-electron chi connectivity index (χ3n) is 0. The molecule has 6 heteroatoms. The van der Waals surface area contributed by atoms with E-state index in [9.17, 15) is 0 Å². The number of hydrogen-bond acceptors (Lipinski definition) is 5. The van der Waals surface area contributed by atoms with Gasteiger partial charge in [0, 0.05) is 0 Å². The standard InChI is InChI=1S/CH4O4.Na.H2O/c2-1(3,4)5;;/h2-5H;;1H2/q;+1;/p-1. The van der Waals surface area contributed by atoms with Gasteiger partial charge in [-0.2, -0.15) is 0 Å². The fourth-order valence-corrected chi connectivity index (χ4v) is 0. The van der Waals surface area contributed by atoms with Crippen LogP contribution in [0.25, 0.3) is 0 Å². The van der Waals surface area contributed by atoms with Gasteiger partial charge in [0.2, 0.25) is 0 Å². The Morgan fingerprint density at radius 3 is 0.857 bits per heavy atom. The molecule has 0 aliphatic rings. The molecule has 0 saturated carbocycles. The predicted molar refractivity (Wildman–Crippen MR) is 13.5 cm³/mol. The Hall–Kier alpha value is 0.800. The summed E-state index contributed by atoms with van der Waals surface area (Å²) in [6.45, 7) is 0. The molecule has 0 aromatic carbocycles. The largest absolute Gasteiger partial charge is 1.00 e. The van der Waals surface area contributed by atoms with E-state index in [-0.39, 0.29) is 35.0 Å². The fraction of sp³-hybridized carbons (Fsp3) is 1.00. The molecular weight excluding hydrogens is 115 g/mol. The van der Waals surface area contributed by atoms with Gasteiger partial charge in [-0.1, -0.05) is 0 Å². The first-order valence-corrected chi connectivity index (χ1v) is 0.894. The van der Waals surface area contributed by atoms with Crippen molar-refractivity contribution in [3.05, 3.63) is 0 Å². The van der Waals surface area contributed by atoms with Gasteiger partial charge in [0.15, 0.2) is 0 Å². The third-order valence-corrected chi connectivity index (χ3v) is 0. The Morgan fingerprint density at radius 1 is 0.857 bits per heavy atom. The minimum atomic E-state index is -3.50. The van der Waals surface area contributed by atoms with E-state index in [2.05, 4.69) is 0 Å². The minimum Gasteiger partial charge on any atom is -0.870 e. The number of hydrogen-bond donors (Lipinski definition) is 4. The van der Waals surface area contributed by atoms with Crippen molar-refractivity contribution in [3.63, 3.8) is 0 Å². The summed E-state index contributed by atoms with van der Waals surface area (Å²) in [5, 5.41) is 28.8. The molecule has 0 saturated heterocycles. The second kappa shape index (κ2) is 4.95. The molecule has 5 nitrogen and oxygen atoms in total. The summed E-state index contributed by atoms with van der Waals surface area (Å²) < 4.78 is 0. The summed E-state index contributed by atoms with van der Waals surface area (Å²) in [5.74, 6) is 0. The molecular formula is CH5NaO5. The maximum absolute atomic E-state index is 7.19. The van der Waals surface area contributed by atoms with Crippen LogP contribution in [0.3, 0.4) is 0 Å². The normalized spacial score (nSPS) is 8.57. The second-order valence-electron chi connectivity index (χ2n) is 0.600. The first-order chi connectivity index (χ1) is 2.00. The molecule has 0 atom stereocenters. The van der Waals surface area contributed by atoms with Gasteiger partial charge in [0.1, 0.15) is 0 Å². The van der Waals surface area contributed by atoms with E-state index in [1.54, 1.807) is 0 Å². The summed E-state index contributed by atoms with van der Waals surface area (Å²) in [4.78, 5) is 0. The summed E-state index contributed by atoms with van der Waals surface area (Å²) in [5.41, 5.74) is 0. The average Bonchev–Trinajstić information content (AvgIpc) is 0.722. The van der Waals surface area contributed by atoms with Crippen LogP contribution in [0.1, 0.15) is 0 Å². The Labute approximate surface area is 61.8 Å². The molecule has 0 radical (unpaired) electrons. The Kier molecular flexibility index (Phi) is 11.1. The summed E-state index contributed by atoms with van der Waals surface area (Å²) in [7, 11) is 0. The molecule has 0 heterocycles. The van der Waals surface area contributed by atoms with Gasteiger partial charge in [-0.3, -0.25) is 0 Å². The predicted octanol–water partition coefficient (Wildman–Crippen LogP) is -5.61. The second-order valence-corrected chi connectivity index (χ2v) is 0.600. The van der Waals surface area contributed by atoms with Crippen LogP contribution in [0.2, 0.25) is 0 Å². The molecule has 0 spiro atoms. The fourth-order valence-electron chi connectivity index (χ4n) is 0.